The minimum Gasteiger partial charge on any atom is -0.378 e. The van der Waals surface area contributed by atoms with Gasteiger partial charge in [-0.15, -0.1) is 0 Å². The number of nitrogens with one attached hydrogen (secondary N) is 2. The molecule has 0 radical (unpaired) electrons. The summed E-state index contributed by atoms with van der Waals surface area (Å²) in [5.41, 5.74) is 4.30. The van der Waals surface area contributed by atoms with Crippen LogP contribution in [0.2, 0.25) is 0 Å². The molecule has 0 aliphatic carbocycles. The quantitative estimate of drug-likeness (QED) is 0.813. The van der Waals surface area contributed by atoms with Gasteiger partial charge < -0.3 is 20.3 Å². The van der Waals surface area contributed by atoms with Crippen LogP contribution in [0.4, 0.5) is 17.1 Å². The standard InChI is InChI=1S/C23H31N3O2/c1-17(24-19-7-5-18(6-8-19)23(2,3)4)22(27)25-20-9-11-21(12-10-20)26-13-15-28-16-14-26/h5-12,17,24H,13-16H2,1-4H3,(H,25,27). The molecule has 1 fully saturated rings. The molecule has 5 heteroatoms. The molecule has 2 aromatic rings. The summed E-state index contributed by atoms with van der Waals surface area (Å²) >= 11 is 0. The summed E-state index contributed by atoms with van der Waals surface area (Å²) in [5.74, 6) is -0.0565. The average molecular weight is 382 g/mol. The molecule has 0 bridgehead atoms. The number of nitrogens with zero attached hydrogens (tertiary/aromatic N) is 1. The van der Waals surface area contributed by atoms with E-state index < -0.39 is 0 Å². The van der Waals surface area contributed by atoms with Crippen molar-refractivity contribution in [2.75, 3.05) is 41.8 Å². The Kier molecular flexibility index (Phi) is 6.25. The molecule has 2 aromatic carbocycles. The second-order valence-corrected chi connectivity index (χ2v) is 8.33. The summed E-state index contributed by atoms with van der Waals surface area (Å²) in [6.07, 6.45) is 0. The SMILES string of the molecule is CC(Nc1ccc(C(C)(C)C)cc1)C(=O)Nc1ccc(N2CCOCC2)cc1. The van der Waals surface area contributed by atoms with E-state index in [0.717, 1.165) is 43.4 Å². The molecule has 1 unspecified atom stereocenters. The molecule has 0 aromatic heterocycles. The molecule has 3 rings (SSSR count). The Hall–Kier alpha value is -2.53. The van der Waals surface area contributed by atoms with Crippen LogP contribution < -0.4 is 15.5 Å². The van der Waals surface area contributed by atoms with E-state index in [1.807, 2.05) is 43.3 Å². The largest absolute Gasteiger partial charge is 0.378 e. The van der Waals surface area contributed by atoms with Gasteiger partial charge in [0, 0.05) is 30.2 Å². The third kappa shape index (κ3) is 5.26. The molecular weight excluding hydrogens is 350 g/mol. The van der Waals surface area contributed by atoms with Gasteiger partial charge in [0.15, 0.2) is 0 Å². The van der Waals surface area contributed by atoms with Crippen molar-refractivity contribution in [3.8, 4) is 0 Å². The maximum atomic E-state index is 12.5. The molecule has 0 saturated carbocycles. The summed E-state index contributed by atoms with van der Waals surface area (Å²) in [6.45, 7) is 11.8. The number of morpholine rings is 1. The molecular formula is C23H31N3O2. The molecule has 2 N–H and O–H groups in total. The van der Waals surface area contributed by atoms with Crippen LogP contribution in [0.3, 0.4) is 0 Å². The Morgan fingerprint density at radius 1 is 0.964 bits per heavy atom. The van der Waals surface area contributed by atoms with Gasteiger partial charge in [-0.1, -0.05) is 32.9 Å². The van der Waals surface area contributed by atoms with Crippen molar-refractivity contribution in [1.29, 1.82) is 0 Å². The van der Waals surface area contributed by atoms with Crippen LogP contribution >= 0.6 is 0 Å². The summed E-state index contributed by atoms with van der Waals surface area (Å²) in [4.78, 5) is 14.8. The number of amides is 1. The molecule has 1 saturated heterocycles. The third-order valence-electron chi connectivity index (χ3n) is 5.04. The van der Waals surface area contributed by atoms with Gasteiger partial charge in [0.05, 0.1) is 13.2 Å². The monoisotopic (exact) mass is 381 g/mol. The smallest absolute Gasteiger partial charge is 0.246 e. The van der Waals surface area contributed by atoms with Crippen molar-refractivity contribution >= 4 is 23.0 Å². The van der Waals surface area contributed by atoms with Crippen LogP contribution in [-0.2, 0) is 14.9 Å². The third-order valence-corrected chi connectivity index (χ3v) is 5.04. The molecule has 150 valence electrons. The molecule has 1 amide bonds. The Labute approximate surface area is 168 Å². The first-order valence-corrected chi connectivity index (χ1v) is 9.93. The second kappa shape index (κ2) is 8.65. The number of carbonyl (C=O) groups is 1. The first kappa shape index (κ1) is 20.2. The highest BCUT2D eigenvalue weighted by atomic mass is 16.5. The lowest BCUT2D eigenvalue weighted by molar-refractivity contribution is -0.116. The predicted octanol–water partition coefficient (Wildman–Crippen LogP) is 4.26. The van der Waals surface area contributed by atoms with Gasteiger partial charge in [0.1, 0.15) is 6.04 Å². The Bertz CT molecular complexity index is 773. The maximum Gasteiger partial charge on any atom is 0.246 e. The zero-order valence-electron chi connectivity index (χ0n) is 17.3. The Balaban J connectivity index is 1.55. The zero-order valence-corrected chi connectivity index (χ0v) is 17.3. The number of anilines is 3. The summed E-state index contributed by atoms with van der Waals surface area (Å²) in [5, 5.41) is 6.25. The highest BCUT2D eigenvalue weighted by Crippen LogP contribution is 2.24. The normalized spacial score (nSPS) is 15.8. The molecule has 28 heavy (non-hydrogen) atoms. The highest BCUT2D eigenvalue weighted by Gasteiger charge is 2.16. The maximum absolute atomic E-state index is 12.5. The van der Waals surface area contributed by atoms with Crippen LogP contribution in [0.1, 0.15) is 33.3 Å². The predicted molar refractivity (Wildman–Crippen MR) is 116 cm³/mol. The number of hydrogen-bond donors (Lipinski definition) is 2. The molecule has 5 nitrogen and oxygen atoms in total. The minimum atomic E-state index is -0.334. The lowest BCUT2D eigenvalue weighted by atomic mass is 9.87. The summed E-state index contributed by atoms with van der Waals surface area (Å²) < 4.78 is 5.39. The van der Waals surface area contributed by atoms with Gasteiger partial charge >= 0.3 is 0 Å². The van der Waals surface area contributed by atoms with Crippen LogP contribution in [0.15, 0.2) is 48.5 Å². The summed E-state index contributed by atoms with van der Waals surface area (Å²) in [7, 11) is 0. The fourth-order valence-corrected chi connectivity index (χ4v) is 3.21. The van der Waals surface area contributed by atoms with Crippen molar-refractivity contribution in [2.45, 2.75) is 39.2 Å². The van der Waals surface area contributed by atoms with Gasteiger partial charge in [-0.2, -0.15) is 0 Å². The molecule has 0 spiro atoms. The Morgan fingerprint density at radius 2 is 1.54 bits per heavy atom. The molecule has 1 aliphatic rings. The lowest BCUT2D eigenvalue weighted by Gasteiger charge is -2.29. The van der Waals surface area contributed by atoms with Gasteiger partial charge in [0.2, 0.25) is 5.91 Å². The van der Waals surface area contributed by atoms with E-state index in [9.17, 15) is 4.79 Å². The average Bonchev–Trinajstić information content (AvgIpc) is 2.69. The Morgan fingerprint density at radius 3 is 2.11 bits per heavy atom. The molecule has 1 atom stereocenters. The molecule has 1 aliphatic heterocycles. The fraction of sp³-hybridized carbons (Fsp3) is 0.435. The van der Waals surface area contributed by atoms with Crippen molar-refractivity contribution in [3.05, 3.63) is 54.1 Å². The highest BCUT2D eigenvalue weighted by molar-refractivity contribution is 5.96. The number of hydrogen-bond acceptors (Lipinski definition) is 4. The number of benzene rings is 2. The van der Waals surface area contributed by atoms with Crippen LogP contribution in [0, 0.1) is 0 Å². The molecule has 1 heterocycles. The minimum absolute atomic E-state index is 0.0565. The number of ether oxygens (including phenoxy) is 1. The second-order valence-electron chi connectivity index (χ2n) is 8.33. The van der Waals surface area contributed by atoms with Crippen LogP contribution in [0.25, 0.3) is 0 Å². The van der Waals surface area contributed by atoms with Gasteiger partial charge in [-0.3, -0.25) is 4.79 Å². The van der Waals surface area contributed by atoms with E-state index in [2.05, 4.69) is 48.4 Å². The van der Waals surface area contributed by atoms with E-state index in [1.165, 1.54) is 5.56 Å². The van der Waals surface area contributed by atoms with E-state index in [1.54, 1.807) is 0 Å². The van der Waals surface area contributed by atoms with E-state index in [-0.39, 0.29) is 17.4 Å². The van der Waals surface area contributed by atoms with E-state index in [4.69, 9.17) is 4.74 Å². The van der Waals surface area contributed by atoms with Crippen molar-refractivity contribution in [1.82, 2.24) is 0 Å². The number of rotatable bonds is 5. The van der Waals surface area contributed by atoms with Gasteiger partial charge in [-0.05, 0) is 54.3 Å². The van der Waals surface area contributed by atoms with E-state index in [0.29, 0.717) is 0 Å². The topological polar surface area (TPSA) is 53.6 Å². The van der Waals surface area contributed by atoms with Crippen molar-refractivity contribution in [3.63, 3.8) is 0 Å². The first-order chi connectivity index (χ1) is 13.3. The van der Waals surface area contributed by atoms with Crippen LogP contribution in [0.5, 0.6) is 0 Å². The van der Waals surface area contributed by atoms with Crippen molar-refractivity contribution < 1.29 is 9.53 Å². The zero-order chi connectivity index (χ0) is 20.1. The van der Waals surface area contributed by atoms with Crippen molar-refractivity contribution in [2.24, 2.45) is 0 Å². The van der Waals surface area contributed by atoms with E-state index >= 15 is 0 Å². The van der Waals surface area contributed by atoms with Crippen LogP contribution in [-0.4, -0.2) is 38.3 Å². The van der Waals surface area contributed by atoms with Gasteiger partial charge in [-0.25, -0.2) is 0 Å². The van der Waals surface area contributed by atoms with Gasteiger partial charge in [0.25, 0.3) is 0 Å². The first-order valence-electron chi connectivity index (χ1n) is 9.93. The number of carbonyl (C=O) groups excluding carboxylic acids is 1. The fourth-order valence-electron chi connectivity index (χ4n) is 3.21. The lowest BCUT2D eigenvalue weighted by Crippen LogP contribution is -2.36. The summed E-state index contributed by atoms with van der Waals surface area (Å²) in [6, 6.07) is 15.9.